The molecule has 0 bridgehead atoms. The molecule has 1 amide bonds. The first-order valence-corrected chi connectivity index (χ1v) is 19.9. The van der Waals surface area contributed by atoms with Crippen molar-refractivity contribution >= 4 is 17.5 Å². The van der Waals surface area contributed by atoms with Gasteiger partial charge in [-0.05, 0) is 104 Å². The van der Waals surface area contributed by atoms with Crippen LogP contribution in [0.5, 0.6) is 11.5 Å². The second-order valence-corrected chi connectivity index (χ2v) is 14.9. The van der Waals surface area contributed by atoms with E-state index in [0.717, 1.165) is 30.4 Å². The Morgan fingerprint density at radius 3 is 2.43 bits per heavy atom. The normalized spacial score (nSPS) is 23.8. The van der Waals surface area contributed by atoms with E-state index in [1.165, 1.54) is 24.3 Å². The van der Waals surface area contributed by atoms with Crippen LogP contribution in [-0.4, -0.2) is 75.2 Å². The van der Waals surface area contributed by atoms with E-state index >= 15 is 0 Å². The first-order chi connectivity index (χ1) is 28.1. The van der Waals surface area contributed by atoms with Gasteiger partial charge in [-0.3, -0.25) is 15.0 Å². The zero-order chi connectivity index (χ0) is 41.2. The number of fused-ring (bicyclic) bond motifs is 2. The molecule has 2 aliphatic carbocycles. The van der Waals surface area contributed by atoms with E-state index in [1.807, 2.05) is 0 Å². The molecule has 3 N–H and O–H groups in total. The highest BCUT2D eigenvalue weighted by Gasteiger charge is 2.65. The lowest BCUT2D eigenvalue weighted by Gasteiger charge is -2.59. The van der Waals surface area contributed by atoms with Gasteiger partial charge in [-0.25, -0.2) is 9.18 Å². The van der Waals surface area contributed by atoms with E-state index in [9.17, 15) is 34.6 Å². The van der Waals surface area contributed by atoms with Crippen molar-refractivity contribution in [1.29, 1.82) is 0 Å². The number of hydrogen-bond acceptors (Lipinski definition) is 11. The number of benzene rings is 3. The summed E-state index contributed by atoms with van der Waals surface area (Å²) in [6.45, 7) is 5.87. The largest absolute Gasteiger partial charge is 0.508 e. The third kappa shape index (κ3) is 9.19. The number of halogens is 1. The van der Waals surface area contributed by atoms with Crippen LogP contribution in [-0.2, 0) is 27.5 Å². The van der Waals surface area contributed by atoms with Crippen molar-refractivity contribution in [3.63, 3.8) is 0 Å². The number of oxime groups is 1. The van der Waals surface area contributed by atoms with Gasteiger partial charge in [-0.2, -0.15) is 0 Å². The monoisotopic (exact) mass is 801 g/mol. The number of rotatable bonds is 19. The smallest absolute Gasteiger partial charge is 0.410 e. The molecule has 3 aromatic rings. The second-order valence-electron chi connectivity index (χ2n) is 14.9. The van der Waals surface area contributed by atoms with Gasteiger partial charge in [0.05, 0.1) is 29.8 Å². The summed E-state index contributed by atoms with van der Waals surface area (Å²) in [7, 11) is 0. The van der Waals surface area contributed by atoms with Gasteiger partial charge in [0, 0.05) is 49.8 Å². The fourth-order valence-corrected chi connectivity index (χ4v) is 8.85. The Balaban J connectivity index is 1.56. The molecule has 0 radical (unpaired) electrons. The number of unbranched alkanes of at least 4 members (excludes halogenated alkanes) is 2. The van der Waals surface area contributed by atoms with Crippen LogP contribution in [0.25, 0.3) is 0 Å². The van der Waals surface area contributed by atoms with E-state index in [0.29, 0.717) is 41.9 Å². The Morgan fingerprint density at radius 2 is 1.76 bits per heavy atom. The molecule has 0 saturated heterocycles. The molecule has 1 fully saturated rings. The van der Waals surface area contributed by atoms with Crippen LogP contribution in [0.15, 0.2) is 96.2 Å². The zero-order valence-corrected chi connectivity index (χ0v) is 32.7. The topological polar surface area (TPSA) is 173 Å². The lowest BCUT2D eigenvalue weighted by molar-refractivity contribution is -0.384. The van der Waals surface area contributed by atoms with Crippen LogP contribution in [0.4, 0.5) is 14.9 Å². The lowest BCUT2D eigenvalue weighted by atomic mass is 9.55. The molecule has 310 valence electrons. The van der Waals surface area contributed by atoms with E-state index in [2.05, 4.69) is 12.7 Å². The number of phenols is 1. The summed E-state index contributed by atoms with van der Waals surface area (Å²) in [5, 5.41) is 46.6. The number of aliphatic hydroxyl groups excluding tert-OH is 2. The van der Waals surface area contributed by atoms with Crippen molar-refractivity contribution in [3.8, 4) is 11.5 Å². The third-order valence-electron chi connectivity index (χ3n) is 11.4. The molecule has 1 aliphatic heterocycles. The van der Waals surface area contributed by atoms with Crippen molar-refractivity contribution < 1.29 is 48.5 Å². The number of aromatic hydroxyl groups is 1. The van der Waals surface area contributed by atoms with Crippen molar-refractivity contribution in [2.24, 2.45) is 22.9 Å². The minimum Gasteiger partial charge on any atom is -0.508 e. The minimum absolute atomic E-state index is 0.000265. The van der Waals surface area contributed by atoms with E-state index in [1.54, 1.807) is 60.4 Å². The second kappa shape index (κ2) is 19.4. The Hall–Kier alpha value is -5.31. The van der Waals surface area contributed by atoms with Gasteiger partial charge in [0.1, 0.15) is 30.0 Å². The number of carbonyl (C=O) groups is 1. The fourth-order valence-electron chi connectivity index (χ4n) is 8.85. The minimum atomic E-state index is -1.57. The number of allylic oxidation sites excluding steroid dienone is 1. The van der Waals surface area contributed by atoms with Gasteiger partial charge in [-0.15, -0.1) is 6.58 Å². The first-order valence-electron chi connectivity index (χ1n) is 19.9. The number of amides is 1. The van der Waals surface area contributed by atoms with Crippen molar-refractivity contribution in [1.82, 2.24) is 4.90 Å². The molecular formula is C44H52FN3O10. The molecule has 0 spiro atoms. The number of phenolic OH excluding ortho intramolecular Hbond substituents is 1. The lowest BCUT2D eigenvalue weighted by Crippen LogP contribution is -2.70. The van der Waals surface area contributed by atoms with E-state index < -0.39 is 34.6 Å². The number of nitrogens with zero attached hydrogens (tertiary/aromatic N) is 3. The third-order valence-corrected chi connectivity index (χ3v) is 11.4. The number of nitro groups is 1. The van der Waals surface area contributed by atoms with Gasteiger partial charge in [0.25, 0.3) is 5.69 Å². The highest BCUT2D eigenvalue weighted by atomic mass is 19.1. The number of ether oxygens (including phenoxy) is 3. The van der Waals surface area contributed by atoms with Crippen LogP contribution in [0.2, 0.25) is 0 Å². The maximum Gasteiger partial charge on any atom is 0.410 e. The van der Waals surface area contributed by atoms with Gasteiger partial charge in [0.15, 0.2) is 0 Å². The molecule has 6 rings (SSSR count). The predicted molar refractivity (Wildman–Crippen MR) is 213 cm³/mol. The summed E-state index contributed by atoms with van der Waals surface area (Å²) in [6.07, 6.45) is 7.39. The van der Waals surface area contributed by atoms with Gasteiger partial charge >= 0.3 is 6.09 Å². The van der Waals surface area contributed by atoms with Crippen molar-refractivity contribution in [3.05, 3.63) is 124 Å². The molecule has 1 heterocycles. The summed E-state index contributed by atoms with van der Waals surface area (Å²) < 4.78 is 33.8. The average Bonchev–Trinajstić information content (AvgIpc) is 3.22. The summed E-state index contributed by atoms with van der Waals surface area (Å²) in [6, 6.07) is 15.9. The average molecular weight is 802 g/mol. The molecule has 14 heteroatoms. The first kappa shape index (κ1) is 42.3. The SMILES string of the molecule is C=CCOC12Oc3ccc(O)cc3C3C(CCCCO)C(CCCCO)C=C(C(=NOCc4ccc([N+](=O)[O-])cc4)CC1N(Cc1ccc(F)cc1)C(=O)OCC)C32. The highest BCUT2D eigenvalue weighted by molar-refractivity contribution is 6.03. The molecule has 6 unspecified atom stereocenters. The van der Waals surface area contributed by atoms with E-state index in [-0.39, 0.29) is 75.2 Å². The summed E-state index contributed by atoms with van der Waals surface area (Å²) in [5.74, 6) is -2.50. The Morgan fingerprint density at radius 1 is 1.05 bits per heavy atom. The predicted octanol–water partition coefficient (Wildman–Crippen LogP) is 7.93. The van der Waals surface area contributed by atoms with Gasteiger partial charge in [0.2, 0.25) is 5.79 Å². The molecule has 0 aromatic heterocycles. The molecule has 1 saturated carbocycles. The summed E-state index contributed by atoms with van der Waals surface area (Å²) in [4.78, 5) is 32.6. The maximum absolute atomic E-state index is 14.2. The molecule has 6 atom stereocenters. The highest BCUT2D eigenvalue weighted by Crippen LogP contribution is 2.62. The van der Waals surface area contributed by atoms with Crippen LogP contribution in [0, 0.1) is 33.7 Å². The standard InChI is InChI=1S/C44H52FN3O10/c1-3-23-56-44-40(47(43(52)55-4-2)27-29-11-15-32(45)16-12-29)26-38(46-57-28-30-13-17-33(18-14-30)48(53)54)36-24-31(9-5-7-21-49)35(10-6-8-22-50)41(42(36)44)37-25-34(51)19-20-39(37)58-44/h3,11-20,24-25,31,35,40-42,49-51H,1,4-10,21-23,26-28H2,2H3. The van der Waals surface area contributed by atoms with E-state index in [4.69, 9.17) is 24.2 Å². The molecule has 3 aliphatic rings. The molecule has 3 aromatic carbocycles. The van der Waals surface area contributed by atoms with Crippen molar-refractivity contribution in [2.75, 3.05) is 26.4 Å². The number of aliphatic hydroxyl groups is 2. The maximum atomic E-state index is 14.2. The van der Waals surface area contributed by atoms with Crippen LogP contribution < -0.4 is 4.74 Å². The van der Waals surface area contributed by atoms with Crippen LogP contribution in [0.1, 0.15) is 74.5 Å². The zero-order valence-electron chi connectivity index (χ0n) is 32.7. The molecule has 58 heavy (non-hydrogen) atoms. The number of carbonyl (C=O) groups excluding carboxylic acids is 1. The van der Waals surface area contributed by atoms with Crippen molar-refractivity contribution in [2.45, 2.75) is 82.8 Å². The van der Waals surface area contributed by atoms with Crippen LogP contribution >= 0.6 is 0 Å². The summed E-state index contributed by atoms with van der Waals surface area (Å²) in [5.41, 5.74) is 3.32. The molecule has 13 nitrogen and oxygen atoms in total. The Labute approximate surface area is 337 Å². The number of nitro benzene ring substituents is 1. The number of hydrogen-bond donors (Lipinski definition) is 3. The van der Waals surface area contributed by atoms with Crippen LogP contribution in [0.3, 0.4) is 0 Å². The van der Waals surface area contributed by atoms with Gasteiger partial charge < -0.3 is 34.4 Å². The summed E-state index contributed by atoms with van der Waals surface area (Å²) >= 11 is 0. The van der Waals surface area contributed by atoms with Gasteiger partial charge in [-0.1, -0.05) is 42.3 Å². The molecular weight excluding hydrogens is 749 g/mol. The number of non-ortho nitro benzene ring substituents is 1. The Bertz CT molecular complexity index is 1960. The Kier molecular flexibility index (Phi) is 14.2. The quantitative estimate of drug-likeness (QED) is 0.0468. The fraction of sp³-hybridized carbons (Fsp3) is 0.455.